The summed E-state index contributed by atoms with van der Waals surface area (Å²) in [5.74, 6) is -0.242. The van der Waals surface area contributed by atoms with Crippen molar-refractivity contribution < 1.29 is 4.79 Å². The number of fused-ring (bicyclic) bond motifs is 1. The molecule has 1 unspecified atom stereocenters. The predicted octanol–water partition coefficient (Wildman–Crippen LogP) is 4.33. The molecule has 1 heterocycles. The molecule has 0 bridgehead atoms. The number of nitrogens with one attached hydrogen (secondary N) is 1. The van der Waals surface area contributed by atoms with Crippen molar-refractivity contribution >= 4 is 5.91 Å². The molecule has 3 aromatic rings. The van der Waals surface area contributed by atoms with Gasteiger partial charge in [0.1, 0.15) is 11.8 Å². The molecule has 2 aromatic carbocycles. The number of aromatic nitrogens is 1. The number of hydrogen-bond donors (Lipinski definition) is 1. The molecule has 1 atom stereocenters. The van der Waals surface area contributed by atoms with E-state index in [1.165, 1.54) is 17.5 Å². The molecule has 134 valence electrons. The van der Waals surface area contributed by atoms with E-state index in [1.807, 2.05) is 47.9 Å². The number of carbonyl (C=O) groups is 1. The quantitative estimate of drug-likeness (QED) is 0.757. The first-order valence-electron chi connectivity index (χ1n) is 9.27. The van der Waals surface area contributed by atoms with Gasteiger partial charge >= 0.3 is 0 Å². The summed E-state index contributed by atoms with van der Waals surface area (Å²) in [4.78, 5) is 13.0. The van der Waals surface area contributed by atoms with Crippen LogP contribution in [0.5, 0.6) is 0 Å². The second-order valence-electron chi connectivity index (χ2n) is 6.97. The highest BCUT2D eigenvalue weighted by atomic mass is 16.2. The largest absolute Gasteiger partial charge is 0.344 e. The molecule has 0 spiro atoms. The fraction of sp³-hybridized carbons (Fsp3) is 0.217. The lowest BCUT2D eigenvalue weighted by molar-refractivity contribution is 0.0933. The number of benzene rings is 2. The minimum atomic E-state index is -0.242. The number of rotatable bonds is 4. The van der Waals surface area contributed by atoms with E-state index in [9.17, 15) is 10.1 Å². The Morgan fingerprint density at radius 3 is 2.67 bits per heavy atom. The van der Waals surface area contributed by atoms with Crippen LogP contribution in [-0.2, 0) is 12.8 Å². The number of amides is 1. The topological polar surface area (TPSA) is 57.8 Å². The Morgan fingerprint density at radius 1 is 1.11 bits per heavy atom. The molecule has 4 heteroatoms. The van der Waals surface area contributed by atoms with Crippen molar-refractivity contribution in [2.75, 3.05) is 0 Å². The highest BCUT2D eigenvalue weighted by Gasteiger charge is 2.21. The third kappa shape index (κ3) is 3.24. The van der Waals surface area contributed by atoms with Gasteiger partial charge in [-0.3, -0.25) is 4.79 Å². The molecule has 0 saturated heterocycles. The summed E-state index contributed by atoms with van der Waals surface area (Å²) < 4.78 is 1.82. The zero-order chi connectivity index (χ0) is 18.8. The second-order valence-corrected chi connectivity index (χ2v) is 6.97. The summed E-state index contributed by atoms with van der Waals surface area (Å²) in [5, 5.41) is 12.5. The Hall–Kier alpha value is -3.32. The maximum Gasteiger partial charge on any atom is 0.270 e. The summed E-state index contributed by atoms with van der Waals surface area (Å²) in [6.45, 7) is 1.95. The summed E-state index contributed by atoms with van der Waals surface area (Å²) >= 11 is 0. The molecule has 1 amide bonds. The maximum absolute atomic E-state index is 13.0. The Labute approximate surface area is 159 Å². The number of carbonyl (C=O) groups excluding carboxylic acids is 1. The van der Waals surface area contributed by atoms with Crippen LogP contribution in [-0.4, -0.2) is 10.5 Å². The van der Waals surface area contributed by atoms with Gasteiger partial charge < -0.3 is 9.88 Å². The van der Waals surface area contributed by atoms with Crippen LogP contribution in [0.15, 0.2) is 60.8 Å². The molecule has 0 radical (unpaired) electrons. The standard InChI is InChI=1S/C23H21N3O/c1-16(17-6-3-2-4-7-17)25-23(27)22-20(15-24)12-13-26(22)21-11-10-18-8-5-9-19(18)14-21/h2-4,6-7,10-14,16H,5,8-9H2,1H3,(H,25,27). The monoisotopic (exact) mass is 355 g/mol. The molecule has 1 aliphatic rings. The number of aryl methyl sites for hydroxylation is 2. The van der Waals surface area contributed by atoms with Crippen LogP contribution in [0.1, 0.15) is 52.1 Å². The third-order valence-electron chi connectivity index (χ3n) is 5.23. The highest BCUT2D eigenvalue weighted by molar-refractivity contribution is 5.96. The molecule has 1 aromatic heterocycles. The zero-order valence-corrected chi connectivity index (χ0v) is 15.3. The van der Waals surface area contributed by atoms with Crippen molar-refractivity contribution in [2.45, 2.75) is 32.2 Å². The molecule has 0 saturated carbocycles. The van der Waals surface area contributed by atoms with Crippen molar-refractivity contribution in [3.8, 4) is 11.8 Å². The minimum Gasteiger partial charge on any atom is -0.344 e. The fourth-order valence-corrected chi connectivity index (χ4v) is 3.77. The Bertz CT molecular complexity index is 1030. The Kier molecular flexibility index (Phi) is 4.52. The molecule has 1 N–H and O–H groups in total. The van der Waals surface area contributed by atoms with E-state index in [1.54, 1.807) is 12.3 Å². The fourth-order valence-electron chi connectivity index (χ4n) is 3.77. The van der Waals surface area contributed by atoms with Crippen molar-refractivity contribution in [3.05, 3.63) is 88.7 Å². The molecule has 1 aliphatic carbocycles. The van der Waals surface area contributed by atoms with Crippen LogP contribution in [0.2, 0.25) is 0 Å². The summed E-state index contributed by atoms with van der Waals surface area (Å²) in [6.07, 6.45) is 5.17. The Morgan fingerprint density at radius 2 is 1.89 bits per heavy atom. The lowest BCUT2D eigenvalue weighted by Gasteiger charge is -2.16. The van der Waals surface area contributed by atoms with Gasteiger partial charge in [0.25, 0.3) is 5.91 Å². The number of nitrogens with zero attached hydrogens (tertiary/aromatic N) is 2. The molecular formula is C23H21N3O. The summed E-state index contributed by atoms with van der Waals surface area (Å²) in [5.41, 5.74) is 5.44. The van der Waals surface area contributed by atoms with E-state index in [0.717, 1.165) is 24.1 Å². The SMILES string of the molecule is CC(NC(=O)c1c(C#N)ccn1-c1ccc2c(c1)CCC2)c1ccccc1. The minimum absolute atomic E-state index is 0.145. The molecular weight excluding hydrogens is 334 g/mol. The van der Waals surface area contributed by atoms with E-state index in [2.05, 4.69) is 23.5 Å². The van der Waals surface area contributed by atoms with Gasteiger partial charge in [-0.2, -0.15) is 5.26 Å². The zero-order valence-electron chi connectivity index (χ0n) is 15.3. The number of hydrogen-bond acceptors (Lipinski definition) is 2. The molecule has 4 rings (SSSR count). The van der Waals surface area contributed by atoms with Crippen LogP contribution in [0.25, 0.3) is 5.69 Å². The van der Waals surface area contributed by atoms with Crippen LogP contribution in [0.4, 0.5) is 0 Å². The van der Waals surface area contributed by atoms with Crippen molar-refractivity contribution in [3.63, 3.8) is 0 Å². The van der Waals surface area contributed by atoms with Crippen molar-refractivity contribution in [2.24, 2.45) is 0 Å². The smallest absolute Gasteiger partial charge is 0.270 e. The average Bonchev–Trinajstić information content (AvgIpc) is 3.34. The van der Waals surface area contributed by atoms with Gasteiger partial charge in [-0.15, -0.1) is 0 Å². The Balaban J connectivity index is 1.67. The van der Waals surface area contributed by atoms with Gasteiger partial charge in [-0.05, 0) is 61.1 Å². The lowest BCUT2D eigenvalue weighted by Crippen LogP contribution is -2.29. The van der Waals surface area contributed by atoms with Crippen LogP contribution in [0, 0.1) is 11.3 Å². The van der Waals surface area contributed by atoms with E-state index in [-0.39, 0.29) is 11.9 Å². The van der Waals surface area contributed by atoms with E-state index < -0.39 is 0 Å². The van der Waals surface area contributed by atoms with Crippen LogP contribution >= 0.6 is 0 Å². The first kappa shape index (κ1) is 17.1. The average molecular weight is 355 g/mol. The van der Waals surface area contributed by atoms with Gasteiger partial charge in [0.05, 0.1) is 11.6 Å². The highest BCUT2D eigenvalue weighted by Crippen LogP contribution is 2.26. The van der Waals surface area contributed by atoms with Gasteiger partial charge in [-0.1, -0.05) is 36.4 Å². The third-order valence-corrected chi connectivity index (χ3v) is 5.23. The maximum atomic E-state index is 13.0. The van der Waals surface area contributed by atoms with Gasteiger partial charge in [-0.25, -0.2) is 0 Å². The van der Waals surface area contributed by atoms with E-state index in [0.29, 0.717) is 11.3 Å². The predicted molar refractivity (Wildman–Crippen MR) is 105 cm³/mol. The number of nitriles is 1. The van der Waals surface area contributed by atoms with Gasteiger partial charge in [0.15, 0.2) is 0 Å². The first-order valence-corrected chi connectivity index (χ1v) is 9.27. The second kappa shape index (κ2) is 7.13. The van der Waals surface area contributed by atoms with E-state index in [4.69, 9.17) is 0 Å². The first-order chi connectivity index (χ1) is 13.2. The summed E-state index contributed by atoms with van der Waals surface area (Å²) in [6, 6.07) is 19.8. The van der Waals surface area contributed by atoms with Crippen molar-refractivity contribution in [1.29, 1.82) is 5.26 Å². The van der Waals surface area contributed by atoms with Crippen LogP contribution in [0.3, 0.4) is 0 Å². The lowest BCUT2D eigenvalue weighted by atomic mass is 10.1. The van der Waals surface area contributed by atoms with Gasteiger partial charge in [0.2, 0.25) is 0 Å². The molecule has 27 heavy (non-hydrogen) atoms. The summed E-state index contributed by atoms with van der Waals surface area (Å²) in [7, 11) is 0. The van der Waals surface area contributed by atoms with E-state index >= 15 is 0 Å². The normalized spacial score (nSPS) is 13.6. The molecule has 0 fully saturated rings. The van der Waals surface area contributed by atoms with Crippen molar-refractivity contribution in [1.82, 2.24) is 9.88 Å². The van der Waals surface area contributed by atoms with Crippen LogP contribution < -0.4 is 5.32 Å². The van der Waals surface area contributed by atoms with Gasteiger partial charge in [0, 0.05) is 11.9 Å². The molecule has 4 nitrogen and oxygen atoms in total. The molecule has 0 aliphatic heterocycles.